The molecule has 0 saturated heterocycles. The maximum atomic E-state index is 12.3. The Morgan fingerprint density at radius 3 is 3.10 bits per heavy atom. The van der Waals surface area contributed by atoms with Crippen LogP contribution in [-0.2, 0) is 9.59 Å². The molecule has 1 N–H and O–H groups in total. The van der Waals surface area contributed by atoms with E-state index in [1.54, 1.807) is 29.4 Å². The number of carbonyl (C=O) groups excluding carboxylic acids is 2. The fraction of sp³-hybridized carbons (Fsp3) is 0.438. The first-order valence-electron chi connectivity index (χ1n) is 7.36. The lowest BCUT2D eigenvalue weighted by Gasteiger charge is -2.26. The number of nitrogens with zero attached hydrogens (tertiary/aromatic N) is 2. The highest BCUT2D eigenvalue weighted by molar-refractivity contribution is 6.04. The van der Waals surface area contributed by atoms with E-state index in [0.717, 1.165) is 25.7 Å². The summed E-state index contributed by atoms with van der Waals surface area (Å²) < 4.78 is 0. The molecule has 2 amide bonds. The maximum Gasteiger partial charge on any atom is 0.250 e. The Bertz CT molecular complexity index is 595. The van der Waals surface area contributed by atoms with Gasteiger partial charge in [-0.2, -0.15) is 0 Å². The van der Waals surface area contributed by atoms with Crippen LogP contribution in [0.1, 0.15) is 32.1 Å². The molecule has 110 valence electrons. The number of likely N-dealkylation sites (N-methyl/N-ethyl adjacent to an activating group) is 1. The number of rotatable bonds is 3. The zero-order valence-electron chi connectivity index (χ0n) is 12.1. The minimum absolute atomic E-state index is 0.0123. The first-order chi connectivity index (χ1) is 10.2. The van der Waals surface area contributed by atoms with Gasteiger partial charge in [-0.1, -0.05) is 6.42 Å². The Morgan fingerprint density at radius 1 is 1.48 bits per heavy atom. The highest BCUT2D eigenvalue weighted by Gasteiger charge is 2.38. The smallest absolute Gasteiger partial charge is 0.250 e. The third-order valence-corrected chi connectivity index (χ3v) is 4.29. The van der Waals surface area contributed by atoms with Gasteiger partial charge in [0.1, 0.15) is 0 Å². The van der Waals surface area contributed by atoms with E-state index >= 15 is 0 Å². The van der Waals surface area contributed by atoms with Crippen molar-refractivity contribution in [2.24, 2.45) is 0 Å². The SMILES string of the molecule is CN1C(=O)C(CC(=O)Nc2cccnc2)=C2CCCCC21. The van der Waals surface area contributed by atoms with Crippen LogP contribution in [0.2, 0.25) is 0 Å². The van der Waals surface area contributed by atoms with Gasteiger partial charge in [-0.25, -0.2) is 0 Å². The van der Waals surface area contributed by atoms with E-state index in [1.165, 1.54) is 5.57 Å². The first kappa shape index (κ1) is 13.8. The minimum atomic E-state index is -0.154. The summed E-state index contributed by atoms with van der Waals surface area (Å²) in [6, 6.07) is 3.77. The zero-order valence-corrected chi connectivity index (χ0v) is 12.1. The zero-order chi connectivity index (χ0) is 14.8. The van der Waals surface area contributed by atoms with Gasteiger partial charge in [0.05, 0.1) is 24.3 Å². The molecule has 0 aromatic carbocycles. The molecule has 1 aliphatic carbocycles. The summed E-state index contributed by atoms with van der Waals surface area (Å²) in [5, 5.41) is 2.79. The summed E-state index contributed by atoms with van der Waals surface area (Å²) in [5.74, 6) is -0.142. The Kier molecular flexibility index (Phi) is 3.73. The van der Waals surface area contributed by atoms with Crippen LogP contribution < -0.4 is 5.32 Å². The van der Waals surface area contributed by atoms with Crippen molar-refractivity contribution in [3.8, 4) is 0 Å². The average molecular weight is 285 g/mol. The third kappa shape index (κ3) is 2.68. The predicted octanol–water partition coefficient (Wildman–Crippen LogP) is 2.12. The Balaban J connectivity index is 1.74. The van der Waals surface area contributed by atoms with Crippen LogP contribution in [0.15, 0.2) is 35.7 Å². The van der Waals surface area contributed by atoms with Crippen molar-refractivity contribution >= 4 is 17.5 Å². The molecule has 1 unspecified atom stereocenters. The van der Waals surface area contributed by atoms with Crippen molar-refractivity contribution in [2.45, 2.75) is 38.1 Å². The van der Waals surface area contributed by atoms with Gasteiger partial charge in [0.15, 0.2) is 0 Å². The average Bonchev–Trinajstić information content (AvgIpc) is 2.74. The van der Waals surface area contributed by atoms with Crippen LogP contribution in [0.3, 0.4) is 0 Å². The van der Waals surface area contributed by atoms with Gasteiger partial charge in [0.25, 0.3) is 5.91 Å². The number of anilines is 1. The second-order valence-electron chi connectivity index (χ2n) is 5.65. The summed E-state index contributed by atoms with van der Waals surface area (Å²) in [5.41, 5.74) is 2.53. The lowest BCUT2D eigenvalue weighted by molar-refractivity contribution is -0.127. The molecule has 2 aliphatic rings. The van der Waals surface area contributed by atoms with Crippen molar-refractivity contribution < 1.29 is 9.59 Å². The van der Waals surface area contributed by atoms with Crippen LogP contribution >= 0.6 is 0 Å². The summed E-state index contributed by atoms with van der Waals surface area (Å²) in [7, 11) is 1.84. The number of fused-ring (bicyclic) bond motifs is 1. The summed E-state index contributed by atoms with van der Waals surface area (Å²) in [6.07, 6.45) is 7.64. The van der Waals surface area contributed by atoms with Crippen LogP contribution in [0.25, 0.3) is 0 Å². The van der Waals surface area contributed by atoms with Crippen molar-refractivity contribution in [1.29, 1.82) is 0 Å². The molecule has 1 aliphatic heterocycles. The van der Waals surface area contributed by atoms with Gasteiger partial charge < -0.3 is 10.2 Å². The highest BCUT2D eigenvalue weighted by atomic mass is 16.2. The van der Waals surface area contributed by atoms with Gasteiger partial charge in [-0.3, -0.25) is 14.6 Å². The van der Waals surface area contributed by atoms with Crippen molar-refractivity contribution in [1.82, 2.24) is 9.88 Å². The first-order valence-corrected chi connectivity index (χ1v) is 7.36. The summed E-state index contributed by atoms with van der Waals surface area (Å²) >= 11 is 0. The van der Waals surface area contributed by atoms with E-state index in [2.05, 4.69) is 10.3 Å². The molecule has 0 bridgehead atoms. The van der Waals surface area contributed by atoms with Gasteiger partial charge in [-0.05, 0) is 37.0 Å². The highest BCUT2D eigenvalue weighted by Crippen LogP contribution is 2.36. The molecule has 2 heterocycles. The topological polar surface area (TPSA) is 62.3 Å². The van der Waals surface area contributed by atoms with E-state index < -0.39 is 0 Å². The molecule has 0 radical (unpaired) electrons. The summed E-state index contributed by atoms with van der Waals surface area (Å²) in [6.45, 7) is 0. The van der Waals surface area contributed by atoms with Gasteiger partial charge in [0, 0.05) is 18.8 Å². The molecular formula is C16H19N3O2. The third-order valence-electron chi connectivity index (χ3n) is 4.29. The van der Waals surface area contributed by atoms with E-state index in [0.29, 0.717) is 11.3 Å². The van der Waals surface area contributed by atoms with Gasteiger partial charge in [0.2, 0.25) is 5.91 Å². The normalized spacial score (nSPS) is 21.5. The van der Waals surface area contributed by atoms with Crippen LogP contribution in [-0.4, -0.2) is 34.8 Å². The molecule has 0 spiro atoms. The number of aromatic nitrogens is 1. The predicted molar refractivity (Wildman–Crippen MR) is 79.5 cm³/mol. The standard InChI is InChI=1S/C16H19N3O2/c1-19-14-7-3-2-6-12(14)13(16(19)21)9-15(20)18-11-5-4-8-17-10-11/h4-5,8,10,14H,2-3,6-7,9H2,1H3,(H,18,20). The number of hydrogen-bond acceptors (Lipinski definition) is 3. The minimum Gasteiger partial charge on any atom is -0.335 e. The number of hydrogen-bond donors (Lipinski definition) is 1. The fourth-order valence-electron chi connectivity index (χ4n) is 3.26. The lowest BCUT2D eigenvalue weighted by Crippen LogP contribution is -2.33. The fourth-order valence-corrected chi connectivity index (χ4v) is 3.26. The molecule has 1 saturated carbocycles. The number of pyridine rings is 1. The van der Waals surface area contributed by atoms with Crippen LogP contribution in [0.4, 0.5) is 5.69 Å². The lowest BCUT2D eigenvalue weighted by atomic mass is 9.88. The van der Waals surface area contributed by atoms with Gasteiger partial charge >= 0.3 is 0 Å². The van der Waals surface area contributed by atoms with Crippen molar-refractivity contribution in [2.75, 3.05) is 12.4 Å². The second kappa shape index (κ2) is 5.68. The van der Waals surface area contributed by atoms with Crippen molar-refractivity contribution in [3.63, 3.8) is 0 Å². The number of carbonyl (C=O) groups is 2. The molecule has 1 aromatic heterocycles. The number of amides is 2. The van der Waals surface area contributed by atoms with Crippen LogP contribution in [0, 0.1) is 0 Å². The van der Waals surface area contributed by atoms with E-state index in [9.17, 15) is 9.59 Å². The molecule has 1 atom stereocenters. The summed E-state index contributed by atoms with van der Waals surface area (Å²) in [4.78, 5) is 30.2. The Hall–Kier alpha value is -2.17. The number of nitrogens with one attached hydrogen (secondary N) is 1. The van der Waals surface area contributed by atoms with Gasteiger partial charge in [-0.15, -0.1) is 0 Å². The molecule has 3 rings (SSSR count). The molecular weight excluding hydrogens is 266 g/mol. The molecule has 21 heavy (non-hydrogen) atoms. The van der Waals surface area contributed by atoms with E-state index in [-0.39, 0.29) is 24.3 Å². The quantitative estimate of drug-likeness (QED) is 0.925. The van der Waals surface area contributed by atoms with E-state index in [4.69, 9.17) is 0 Å². The Labute approximate surface area is 124 Å². The van der Waals surface area contributed by atoms with E-state index in [1.807, 2.05) is 7.05 Å². The maximum absolute atomic E-state index is 12.3. The largest absolute Gasteiger partial charge is 0.335 e. The van der Waals surface area contributed by atoms with Crippen LogP contribution in [0.5, 0.6) is 0 Å². The molecule has 1 fully saturated rings. The Morgan fingerprint density at radius 2 is 2.33 bits per heavy atom. The second-order valence-corrected chi connectivity index (χ2v) is 5.65. The molecule has 5 nitrogen and oxygen atoms in total. The monoisotopic (exact) mass is 285 g/mol. The molecule has 1 aromatic rings. The van der Waals surface area contributed by atoms with Crippen molar-refractivity contribution in [3.05, 3.63) is 35.7 Å². The molecule has 5 heteroatoms.